The Morgan fingerprint density at radius 1 is 1.06 bits per heavy atom. The van der Waals surface area contributed by atoms with Crippen LogP contribution in [-0.4, -0.2) is 33.1 Å². The largest absolute Gasteiger partial charge is 0.371 e. The molecule has 0 spiro atoms. The summed E-state index contributed by atoms with van der Waals surface area (Å²) in [6.07, 6.45) is 1.76. The van der Waals surface area contributed by atoms with Gasteiger partial charge in [-0.3, -0.25) is 0 Å². The zero-order chi connectivity index (χ0) is 12.3. The molecule has 1 aliphatic heterocycles. The van der Waals surface area contributed by atoms with Crippen molar-refractivity contribution in [2.24, 2.45) is 0 Å². The molecule has 0 amide bonds. The molecular formula is C13H18ClNO2. The fraction of sp³-hybridized carbons (Fsp3) is 0.538. The topological polar surface area (TPSA) is 21.7 Å². The number of rotatable bonds is 3. The second-order valence-electron chi connectivity index (χ2n) is 4.28. The SMILES string of the molecule is COC1(OC)CCN(c2ccc(Cl)cc2)CC1. The van der Waals surface area contributed by atoms with Gasteiger partial charge in [-0.05, 0) is 24.3 Å². The van der Waals surface area contributed by atoms with Crippen LogP contribution in [0.1, 0.15) is 12.8 Å². The number of ether oxygens (including phenoxy) is 2. The normalized spacial score (nSPS) is 19.4. The van der Waals surface area contributed by atoms with Crippen LogP contribution < -0.4 is 4.90 Å². The van der Waals surface area contributed by atoms with Gasteiger partial charge >= 0.3 is 0 Å². The molecule has 4 heteroatoms. The van der Waals surface area contributed by atoms with Crippen LogP contribution in [0.4, 0.5) is 5.69 Å². The molecule has 1 aliphatic rings. The number of hydrogen-bond donors (Lipinski definition) is 0. The summed E-state index contributed by atoms with van der Waals surface area (Å²) in [5, 5.41) is 0.772. The zero-order valence-corrected chi connectivity index (χ0v) is 11.0. The lowest BCUT2D eigenvalue weighted by molar-refractivity contribution is -0.216. The Hall–Kier alpha value is -0.770. The summed E-state index contributed by atoms with van der Waals surface area (Å²) < 4.78 is 10.9. The van der Waals surface area contributed by atoms with E-state index in [0.717, 1.165) is 31.0 Å². The van der Waals surface area contributed by atoms with Crippen molar-refractivity contribution in [2.45, 2.75) is 18.6 Å². The van der Waals surface area contributed by atoms with Crippen molar-refractivity contribution >= 4 is 17.3 Å². The lowest BCUT2D eigenvalue weighted by atomic mass is 10.0. The van der Waals surface area contributed by atoms with E-state index >= 15 is 0 Å². The molecule has 0 aliphatic carbocycles. The monoisotopic (exact) mass is 255 g/mol. The minimum Gasteiger partial charge on any atom is -0.371 e. The summed E-state index contributed by atoms with van der Waals surface area (Å²) in [6.45, 7) is 1.87. The van der Waals surface area contributed by atoms with Gasteiger partial charge < -0.3 is 14.4 Å². The molecule has 17 heavy (non-hydrogen) atoms. The Morgan fingerprint density at radius 3 is 2.06 bits per heavy atom. The van der Waals surface area contributed by atoms with E-state index in [9.17, 15) is 0 Å². The van der Waals surface area contributed by atoms with Gasteiger partial charge in [-0.25, -0.2) is 0 Å². The third-order valence-corrected chi connectivity index (χ3v) is 3.71. The second kappa shape index (κ2) is 5.25. The van der Waals surface area contributed by atoms with Gasteiger partial charge in [0, 0.05) is 50.9 Å². The molecule has 0 radical (unpaired) electrons. The van der Waals surface area contributed by atoms with E-state index in [4.69, 9.17) is 21.1 Å². The molecule has 0 N–H and O–H groups in total. The van der Waals surface area contributed by atoms with E-state index in [1.807, 2.05) is 12.1 Å². The van der Waals surface area contributed by atoms with Gasteiger partial charge in [-0.15, -0.1) is 0 Å². The summed E-state index contributed by atoms with van der Waals surface area (Å²) in [4.78, 5) is 2.33. The van der Waals surface area contributed by atoms with Crippen LogP contribution in [0.5, 0.6) is 0 Å². The minimum atomic E-state index is -0.400. The number of halogens is 1. The fourth-order valence-electron chi connectivity index (χ4n) is 2.25. The highest BCUT2D eigenvalue weighted by Gasteiger charge is 2.34. The molecule has 0 atom stereocenters. The smallest absolute Gasteiger partial charge is 0.170 e. The maximum atomic E-state index is 5.88. The van der Waals surface area contributed by atoms with Crippen molar-refractivity contribution in [1.29, 1.82) is 0 Å². The zero-order valence-electron chi connectivity index (χ0n) is 10.3. The van der Waals surface area contributed by atoms with Crippen LogP contribution in [0, 0.1) is 0 Å². The number of anilines is 1. The van der Waals surface area contributed by atoms with Gasteiger partial charge in [0.05, 0.1) is 0 Å². The number of hydrogen-bond acceptors (Lipinski definition) is 3. The summed E-state index contributed by atoms with van der Waals surface area (Å²) in [5.41, 5.74) is 1.20. The molecule has 0 aromatic heterocycles. The molecule has 1 heterocycles. The van der Waals surface area contributed by atoms with Crippen molar-refractivity contribution in [1.82, 2.24) is 0 Å². The highest BCUT2D eigenvalue weighted by Crippen LogP contribution is 2.29. The summed E-state index contributed by atoms with van der Waals surface area (Å²) in [5.74, 6) is -0.400. The average Bonchev–Trinajstić information content (AvgIpc) is 2.40. The maximum absolute atomic E-state index is 5.88. The first-order valence-electron chi connectivity index (χ1n) is 5.80. The van der Waals surface area contributed by atoms with Crippen molar-refractivity contribution in [3.05, 3.63) is 29.3 Å². The van der Waals surface area contributed by atoms with Crippen molar-refractivity contribution in [2.75, 3.05) is 32.2 Å². The Bertz CT molecular complexity index is 352. The van der Waals surface area contributed by atoms with Crippen LogP contribution in [0.15, 0.2) is 24.3 Å². The van der Waals surface area contributed by atoms with E-state index in [0.29, 0.717) is 0 Å². The van der Waals surface area contributed by atoms with Gasteiger partial charge in [-0.1, -0.05) is 11.6 Å². The van der Waals surface area contributed by atoms with E-state index in [2.05, 4.69) is 17.0 Å². The lowest BCUT2D eigenvalue weighted by Crippen LogP contribution is -2.46. The molecule has 0 bridgehead atoms. The Morgan fingerprint density at radius 2 is 1.59 bits per heavy atom. The predicted octanol–water partition coefficient (Wildman–Crippen LogP) is 2.93. The maximum Gasteiger partial charge on any atom is 0.170 e. The predicted molar refractivity (Wildman–Crippen MR) is 69.6 cm³/mol. The molecule has 0 saturated carbocycles. The number of benzene rings is 1. The molecule has 3 nitrogen and oxygen atoms in total. The highest BCUT2D eigenvalue weighted by atomic mass is 35.5. The fourth-order valence-corrected chi connectivity index (χ4v) is 2.38. The number of nitrogens with zero attached hydrogens (tertiary/aromatic N) is 1. The molecule has 1 saturated heterocycles. The molecule has 1 fully saturated rings. The Labute approximate surface area is 107 Å². The van der Waals surface area contributed by atoms with Gasteiger partial charge in [-0.2, -0.15) is 0 Å². The van der Waals surface area contributed by atoms with Crippen molar-refractivity contribution in [3.63, 3.8) is 0 Å². The van der Waals surface area contributed by atoms with Gasteiger partial charge in [0.25, 0.3) is 0 Å². The Kier molecular flexibility index (Phi) is 3.92. The summed E-state index contributed by atoms with van der Waals surface area (Å²) >= 11 is 5.88. The standard InChI is InChI=1S/C13H18ClNO2/c1-16-13(17-2)7-9-15(10-8-13)12-5-3-11(14)4-6-12/h3-6H,7-10H2,1-2H3. The number of piperidine rings is 1. The van der Waals surface area contributed by atoms with Gasteiger partial charge in [0.2, 0.25) is 0 Å². The van der Waals surface area contributed by atoms with E-state index in [1.165, 1.54) is 5.69 Å². The van der Waals surface area contributed by atoms with Gasteiger partial charge in [0.15, 0.2) is 5.79 Å². The number of methoxy groups -OCH3 is 2. The molecule has 2 rings (SSSR count). The van der Waals surface area contributed by atoms with Crippen LogP contribution in [0.25, 0.3) is 0 Å². The van der Waals surface area contributed by atoms with E-state index in [1.54, 1.807) is 14.2 Å². The average molecular weight is 256 g/mol. The first-order chi connectivity index (χ1) is 8.19. The van der Waals surface area contributed by atoms with Crippen LogP contribution in [-0.2, 0) is 9.47 Å². The summed E-state index contributed by atoms with van der Waals surface area (Å²) in [6, 6.07) is 7.95. The molecule has 94 valence electrons. The molecule has 0 unspecified atom stereocenters. The first kappa shape index (κ1) is 12.7. The quantitative estimate of drug-likeness (QED) is 0.776. The molecular weight excluding hydrogens is 238 g/mol. The Balaban J connectivity index is 2.01. The van der Waals surface area contributed by atoms with Crippen LogP contribution >= 0.6 is 11.6 Å². The summed E-state index contributed by atoms with van der Waals surface area (Å²) in [7, 11) is 3.42. The molecule has 1 aromatic carbocycles. The molecule has 1 aromatic rings. The highest BCUT2D eigenvalue weighted by molar-refractivity contribution is 6.30. The third-order valence-electron chi connectivity index (χ3n) is 3.46. The third kappa shape index (κ3) is 2.73. The minimum absolute atomic E-state index is 0.400. The second-order valence-corrected chi connectivity index (χ2v) is 4.72. The first-order valence-corrected chi connectivity index (χ1v) is 6.18. The van der Waals surface area contributed by atoms with Crippen LogP contribution in [0.2, 0.25) is 5.02 Å². The van der Waals surface area contributed by atoms with E-state index < -0.39 is 5.79 Å². The van der Waals surface area contributed by atoms with Gasteiger partial charge in [0.1, 0.15) is 0 Å². The lowest BCUT2D eigenvalue weighted by Gasteiger charge is -2.40. The van der Waals surface area contributed by atoms with E-state index in [-0.39, 0.29) is 0 Å². The van der Waals surface area contributed by atoms with Crippen molar-refractivity contribution < 1.29 is 9.47 Å². The van der Waals surface area contributed by atoms with Crippen molar-refractivity contribution in [3.8, 4) is 0 Å². The van der Waals surface area contributed by atoms with Crippen LogP contribution in [0.3, 0.4) is 0 Å².